The van der Waals surface area contributed by atoms with Crippen molar-refractivity contribution < 1.29 is 23.4 Å². The fourth-order valence-corrected chi connectivity index (χ4v) is 3.18. The van der Waals surface area contributed by atoms with Gasteiger partial charge in [0.15, 0.2) is 6.61 Å². The Balaban J connectivity index is 1.42. The molecular formula is C20H27NO5. The number of nitrogens with one attached hydrogen (secondary N) is 1. The lowest BCUT2D eigenvalue weighted by Gasteiger charge is -2.09. The van der Waals surface area contributed by atoms with Gasteiger partial charge in [0.25, 0.3) is 5.91 Å². The number of rotatable bonds is 10. The molecule has 0 saturated carbocycles. The van der Waals surface area contributed by atoms with Gasteiger partial charge in [-0.2, -0.15) is 0 Å². The number of carbonyl (C=O) groups excluding carboxylic acids is 1. The van der Waals surface area contributed by atoms with Crippen LogP contribution in [0.3, 0.4) is 0 Å². The Morgan fingerprint density at radius 2 is 2.08 bits per heavy atom. The first-order valence-electron chi connectivity index (χ1n) is 9.28. The standard InChI is InChI=1S/C20H27NO5/c1-23-11-12-24-10-4-9-21-20(22)14-25-15-7-8-19-17(13-15)16-5-2-3-6-18(16)26-19/h7-8,13H,2-6,9-12,14H2,1H3,(H,21,22). The maximum atomic E-state index is 11.9. The van der Waals surface area contributed by atoms with Gasteiger partial charge in [-0.25, -0.2) is 0 Å². The zero-order valence-corrected chi connectivity index (χ0v) is 15.3. The number of furan rings is 1. The summed E-state index contributed by atoms with van der Waals surface area (Å²) in [6.07, 6.45) is 5.22. The molecule has 1 heterocycles. The number of hydrogen-bond donors (Lipinski definition) is 1. The van der Waals surface area contributed by atoms with Crippen molar-refractivity contribution in [3.05, 3.63) is 29.5 Å². The van der Waals surface area contributed by atoms with E-state index in [1.807, 2.05) is 18.2 Å². The number of hydrogen-bond acceptors (Lipinski definition) is 5. The Morgan fingerprint density at radius 3 is 2.96 bits per heavy atom. The molecule has 0 spiro atoms. The summed E-state index contributed by atoms with van der Waals surface area (Å²) in [6, 6.07) is 5.77. The first-order chi connectivity index (χ1) is 12.8. The van der Waals surface area contributed by atoms with E-state index in [1.54, 1.807) is 7.11 Å². The van der Waals surface area contributed by atoms with Gasteiger partial charge in [0.05, 0.1) is 13.2 Å². The summed E-state index contributed by atoms with van der Waals surface area (Å²) in [5.74, 6) is 1.68. The lowest BCUT2D eigenvalue weighted by atomic mass is 9.96. The second-order valence-electron chi connectivity index (χ2n) is 6.47. The highest BCUT2D eigenvalue weighted by Crippen LogP contribution is 2.33. The van der Waals surface area contributed by atoms with Crippen LogP contribution in [0.2, 0.25) is 0 Å². The Morgan fingerprint density at radius 1 is 1.19 bits per heavy atom. The molecule has 0 fully saturated rings. The molecule has 142 valence electrons. The summed E-state index contributed by atoms with van der Waals surface area (Å²) < 4.78 is 21.8. The third-order valence-electron chi connectivity index (χ3n) is 4.52. The molecule has 6 nitrogen and oxygen atoms in total. The average molecular weight is 361 g/mol. The van der Waals surface area contributed by atoms with E-state index in [0.29, 0.717) is 32.1 Å². The number of carbonyl (C=O) groups is 1. The monoisotopic (exact) mass is 361 g/mol. The van der Waals surface area contributed by atoms with Gasteiger partial charge in [-0.05, 0) is 43.9 Å². The fourth-order valence-electron chi connectivity index (χ4n) is 3.18. The average Bonchev–Trinajstić information content (AvgIpc) is 3.03. The summed E-state index contributed by atoms with van der Waals surface area (Å²) >= 11 is 0. The Hall–Kier alpha value is -2.05. The van der Waals surface area contributed by atoms with Gasteiger partial charge in [-0.1, -0.05) is 0 Å². The van der Waals surface area contributed by atoms with Gasteiger partial charge in [0, 0.05) is 37.6 Å². The summed E-state index contributed by atoms with van der Waals surface area (Å²) in [5, 5.41) is 3.95. The maximum absolute atomic E-state index is 11.9. The molecule has 3 rings (SSSR count). The van der Waals surface area contributed by atoms with E-state index in [1.165, 1.54) is 18.4 Å². The Kier molecular flexibility index (Phi) is 6.91. The van der Waals surface area contributed by atoms with Gasteiger partial charge in [0.2, 0.25) is 0 Å². The second kappa shape index (κ2) is 9.59. The molecule has 1 amide bonds. The second-order valence-corrected chi connectivity index (χ2v) is 6.47. The van der Waals surface area contributed by atoms with Gasteiger partial charge in [-0.15, -0.1) is 0 Å². The van der Waals surface area contributed by atoms with Crippen LogP contribution < -0.4 is 10.1 Å². The van der Waals surface area contributed by atoms with Crippen molar-refractivity contribution in [2.75, 3.05) is 40.1 Å². The van der Waals surface area contributed by atoms with Crippen LogP contribution in [0.4, 0.5) is 0 Å². The molecule has 0 aliphatic heterocycles. The van der Waals surface area contributed by atoms with Crippen LogP contribution in [0, 0.1) is 0 Å². The molecule has 0 unspecified atom stereocenters. The van der Waals surface area contributed by atoms with Crippen molar-refractivity contribution in [1.82, 2.24) is 5.32 Å². The molecule has 0 radical (unpaired) electrons. The number of aryl methyl sites for hydroxylation is 2. The number of methoxy groups -OCH3 is 1. The zero-order valence-electron chi connectivity index (χ0n) is 15.3. The molecule has 1 aliphatic rings. The number of benzene rings is 1. The molecule has 6 heteroatoms. The van der Waals surface area contributed by atoms with Crippen molar-refractivity contribution in [2.24, 2.45) is 0 Å². The van der Waals surface area contributed by atoms with Crippen molar-refractivity contribution in [1.29, 1.82) is 0 Å². The van der Waals surface area contributed by atoms with E-state index in [2.05, 4.69) is 5.32 Å². The fraction of sp³-hybridized carbons (Fsp3) is 0.550. The highest BCUT2D eigenvalue weighted by atomic mass is 16.5. The first-order valence-corrected chi connectivity index (χ1v) is 9.28. The van der Waals surface area contributed by atoms with Crippen molar-refractivity contribution in [2.45, 2.75) is 32.1 Å². The topological polar surface area (TPSA) is 69.9 Å². The van der Waals surface area contributed by atoms with Crippen LogP contribution in [-0.2, 0) is 27.1 Å². The minimum absolute atomic E-state index is 0.0100. The maximum Gasteiger partial charge on any atom is 0.257 e. The van der Waals surface area contributed by atoms with Gasteiger partial charge in [0.1, 0.15) is 17.1 Å². The van der Waals surface area contributed by atoms with E-state index in [-0.39, 0.29) is 12.5 Å². The molecule has 0 atom stereocenters. The summed E-state index contributed by atoms with van der Waals surface area (Å²) in [7, 11) is 1.64. The summed E-state index contributed by atoms with van der Waals surface area (Å²) in [5.41, 5.74) is 2.21. The molecule has 0 bridgehead atoms. The third kappa shape index (κ3) is 4.99. The number of ether oxygens (including phenoxy) is 3. The van der Waals surface area contributed by atoms with E-state index in [9.17, 15) is 4.79 Å². The minimum atomic E-state index is -0.129. The molecule has 0 saturated heterocycles. The van der Waals surface area contributed by atoms with Crippen molar-refractivity contribution >= 4 is 16.9 Å². The Bertz CT molecular complexity index is 724. The Labute approximate surface area is 153 Å². The highest BCUT2D eigenvalue weighted by Gasteiger charge is 2.18. The predicted molar refractivity (Wildman–Crippen MR) is 98.7 cm³/mol. The minimum Gasteiger partial charge on any atom is -0.484 e. The molecular weight excluding hydrogens is 334 g/mol. The van der Waals surface area contributed by atoms with E-state index < -0.39 is 0 Å². The van der Waals surface area contributed by atoms with Gasteiger partial charge < -0.3 is 23.9 Å². The van der Waals surface area contributed by atoms with Crippen LogP contribution in [0.15, 0.2) is 22.6 Å². The molecule has 1 aliphatic carbocycles. The number of amides is 1. The molecule has 26 heavy (non-hydrogen) atoms. The lowest BCUT2D eigenvalue weighted by Crippen LogP contribution is -2.30. The van der Waals surface area contributed by atoms with Gasteiger partial charge >= 0.3 is 0 Å². The molecule has 1 aromatic carbocycles. The van der Waals surface area contributed by atoms with Gasteiger partial charge in [-0.3, -0.25) is 4.79 Å². The van der Waals surface area contributed by atoms with Crippen LogP contribution in [0.1, 0.15) is 30.6 Å². The SMILES string of the molecule is COCCOCCCNC(=O)COc1ccc2oc3c(c2c1)CCCC3. The van der Waals surface area contributed by atoms with Crippen molar-refractivity contribution in [3.63, 3.8) is 0 Å². The lowest BCUT2D eigenvalue weighted by molar-refractivity contribution is -0.123. The van der Waals surface area contributed by atoms with Crippen LogP contribution in [0.25, 0.3) is 11.0 Å². The third-order valence-corrected chi connectivity index (χ3v) is 4.52. The first kappa shape index (κ1) is 18.7. The zero-order chi connectivity index (χ0) is 18.2. The number of fused-ring (bicyclic) bond motifs is 3. The van der Waals surface area contributed by atoms with E-state index >= 15 is 0 Å². The highest BCUT2D eigenvalue weighted by molar-refractivity contribution is 5.84. The molecule has 1 aromatic heterocycles. The smallest absolute Gasteiger partial charge is 0.257 e. The van der Waals surface area contributed by atoms with E-state index in [0.717, 1.165) is 36.0 Å². The summed E-state index contributed by atoms with van der Waals surface area (Å²) in [6.45, 7) is 2.35. The van der Waals surface area contributed by atoms with Crippen LogP contribution >= 0.6 is 0 Å². The largest absolute Gasteiger partial charge is 0.484 e. The predicted octanol–water partition coefficient (Wildman–Crippen LogP) is 2.86. The van der Waals surface area contributed by atoms with Crippen LogP contribution in [-0.4, -0.2) is 46.0 Å². The normalized spacial score (nSPS) is 13.6. The van der Waals surface area contributed by atoms with Crippen molar-refractivity contribution in [3.8, 4) is 5.75 Å². The quantitative estimate of drug-likeness (QED) is 0.659. The summed E-state index contributed by atoms with van der Waals surface area (Å²) in [4.78, 5) is 11.9. The van der Waals surface area contributed by atoms with Crippen LogP contribution in [0.5, 0.6) is 5.75 Å². The molecule has 2 aromatic rings. The molecule has 1 N–H and O–H groups in total. The van der Waals surface area contributed by atoms with E-state index in [4.69, 9.17) is 18.6 Å².